The number of nitrogens with zero attached hydrogens (tertiary/aromatic N) is 2. The number of aliphatic hydroxyl groups is 1. The van der Waals surface area contributed by atoms with Crippen LogP contribution in [0.1, 0.15) is 60.5 Å². The third kappa shape index (κ3) is 4.71. The Labute approximate surface area is 167 Å². The van der Waals surface area contributed by atoms with Crippen LogP contribution < -0.4 is 5.32 Å². The Hall–Kier alpha value is -2.16. The summed E-state index contributed by atoms with van der Waals surface area (Å²) in [6.45, 7) is 10.3. The zero-order valence-electron chi connectivity index (χ0n) is 17.6. The number of carbonyl (C=O) groups excluding carboxylic acids is 1. The van der Waals surface area contributed by atoms with Crippen molar-refractivity contribution in [1.82, 2.24) is 9.55 Å². The van der Waals surface area contributed by atoms with Gasteiger partial charge in [-0.15, -0.1) is 0 Å². The highest BCUT2D eigenvalue weighted by atomic mass is 19.4. The average Bonchev–Trinajstić information content (AvgIpc) is 2.82. The molecule has 0 atom stereocenters. The highest BCUT2D eigenvalue weighted by Gasteiger charge is 2.48. The minimum Gasteiger partial charge on any atom is -0.386 e. The van der Waals surface area contributed by atoms with Crippen molar-refractivity contribution in [3.05, 3.63) is 23.5 Å². The van der Waals surface area contributed by atoms with E-state index in [4.69, 9.17) is 0 Å². The zero-order chi connectivity index (χ0) is 22.6. The molecular formula is C20H27F4N3O2. The summed E-state index contributed by atoms with van der Waals surface area (Å²) >= 11 is 0. The van der Waals surface area contributed by atoms with Crippen molar-refractivity contribution in [3.63, 3.8) is 0 Å². The summed E-state index contributed by atoms with van der Waals surface area (Å²) in [4.78, 5) is 16.5. The van der Waals surface area contributed by atoms with E-state index in [9.17, 15) is 27.5 Å². The number of hydrogen-bond acceptors (Lipinski definition) is 3. The minimum absolute atomic E-state index is 0.0432. The largest absolute Gasteiger partial charge is 0.394 e. The molecule has 1 amide bonds. The van der Waals surface area contributed by atoms with Gasteiger partial charge in [0.2, 0.25) is 11.9 Å². The van der Waals surface area contributed by atoms with E-state index in [1.807, 2.05) is 0 Å². The van der Waals surface area contributed by atoms with Gasteiger partial charge in [0.15, 0.2) is 5.82 Å². The molecule has 0 saturated heterocycles. The first-order valence-corrected chi connectivity index (χ1v) is 9.16. The van der Waals surface area contributed by atoms with E-state index >= 15 is 0 Å². The first kappa shape index (κ1) is 23.1. The monoisotopic (exact) mass is 417 g/mol. The van der Waals surface area contributed by atoms with Crippen LogP contribution in [0.5, 0.6) is 0 Å². The van der Waals surface area contributed by atoms with Gasteiger partial charge in [-0.2, -0.15) is 13.2 Å². The Morgan fingerprint density at radius 1 is 1.10 bits per heavy atom. The van der Waals surface area contributed by atoms with Crippen molar-refractivity contribution in [2.24, 2.45) is 5.41 Å². The lowest BCUT2D eigenvalue weighted by atomic mass is 9.88. The first-order chi connectivity index (χ1) is 12.8. The van der Waals surface area contributed by atoms with Gasteiger partial charge in [0.25, 0.3) is 0 Å². The van der Waals surface area contributed by atoms with E-state index < -0.39 is 40.9 Å². The number of alkyl halides is 3. The lowest BCUT2D eigenvalue weighted by Crippen LogP contribution is -2.36. The molecule has 0 unspecified atom stereocenters. The average molecular weight is 417 g/mol. The number of amides is 1. The van der Waals surface area contributed by atoms with E-state index in [0.717, 1.165) is 19.9 Å². The number of hydrogen-bond donors (Lipinski definition) is 2. The van der Waals surface area contributed by atoms with Gasteiger partial charge in [0, 0.05) is 12.0 Å². The summed E-state index contributed by atoms with van der Waals surface area (Å²) in [5.41, 5.74) is -3.64. The second-order valence-corrected chi connectivity index (χ2v) is 9.43. The lowest BCUT2D eigenvalue weighted by Gasteiger charge is -2.28. The molecule has 162 valence electrons. The van der Waals surface area contributed by atoms with E-state index in [2.05, 4.69) is 10.3 Å². The molecule has 2 aromatic rings. The normalized spacial score (nSPS) is 13.8. The fourth-order valence-corrected chi connectivity index (χ4v) is 2.92. The summed E-state index contributed by atoms with van der Waals surface area (Å²) < 4.78 is 55.5. The number of carbonyl (C=O) groups is 1. The predicted octanol–water partition coefficient (Wildman–Crippen LogP) is 5.07. The van der Waals surface area contributed by atoms with Crippen LogP contribution in [0.25, 0.3) is 11.0 Å². The number of aromatic nitrogens is 2. The first-order valence-electron chi connectivity index (χ1n) is 9.16. The fourth-order valence-electron chi connectivity index (χ4n) is 2.92. The highest BCUT2D eigenvalue weighted by molar-refractivity contribution is 5.92. The molecule has 0 spiro atoms. The molecule has 0 radical (unpaired) electrons. The van der Waals surface area contributed by atoms with Crippen LogP contribution in [-0.2, 0) is 15.9 Å². The van der Waals surface area contributed by atoms with Gasteiger partial charge < -0.3 is 9.67 Å². The minimum atomic E-state index is -4.55. The Bertz CT molecular complexity index is 932. The van der Waals surface area contributed by atoms with Crippen LogP contribution >= 0.6 is 0 Å². The standard InChI is InChI=1S/C20H27F4N3O2/c1-17(2,3)27-13-9-11(19(6,7)29)8-12(21)15(13)26-16(27)25-14(28)10-18(4,5)20(22,23)24/h8-9,29H,10H2,1-7H3,(H,25,26,28). The Morgan fingerprint density at radius 3 is 2.10 bits per heavy atom. The summed E-state index contributed by atoms with van der Waals surface area (Å²) in [5, 5.41) is 12.7. The molecular weight excluding hydrogens is 390 g/mol. The fraction of sp³-hybridized carbons (Fsp3) is 0.600. The summed E-state index contributed by atoms with van der Waals surface area (Å²) in [5.74, 6) is -1.63. The van der Waals surface area contributed by atoms with Gasteiger partial charge in [-0.1, -0.05) is 13.8 Å². The SMILES string of the molecule is CC(C)(O)c1cc(F)c2nc(NC(=O)CC(C)(C)C(F)(F)F)n(C(C)(C)C)c2c1. The van der Waals surface area contributed by atoms with Crippen LogP contribution in [0.15, 0.2) is 12.1 Å². The number of imidazole rings is 1. The third-order valence-corrected chi connectivity index (χ3v) is 4.71. The maximum Gasteiger partial charge on any atom is 0.394 e. The van der Waals surface area contributed by atoms with Crippen molar-refractivity contribution in [1.29, 1.82) is 0 Å². The van der Waals surface area contributed by atoms with Gasteiger partial charge in [-0.05, 0) is 52.3 Å². The highest BCUT2D eigenvalue weighted by Crippen LogP contribution is 2.40. The molecule has 0 aliphatic rings. The Balaban J connectivity index is 2.57. The third-order valence-electron chi connectivity index (χ3n) is 4.71. The lowest BCUT2D eigenvalue weighted by molar-refractivity contribution is -0.213. The molecule has 2 rings (SSSR count). The van der Waals surface area contributed by atoms with E-state index in [-0.39, 0.29) is 11.5 Å². The number of halogens is 4. The molecule has 0 aliphatic heterocycles. The van der Waals surface area contributed by atoms with Crippen molar-refractivity contribution in [2.75, 3.05) is 5.32 Å². The molecule has 0 aliphatic carbocycles. The van der Waals surface area contributed by atoms with Crippen molar-refractivity contribution >= 4 is 22.9 Å². The molecule has 5 nitrogen and oxygen atoms in total. The molecule has 1 aromatic heterocycles. The van der Waals surface area contributed by atoms with Gasteiger partial charge in [0.1, 0.15) is 5.52 Å². The van der Waals surface area contributed by atoms with Crippen LogP contribution in [0.3, 0.4) is 0 Å². The molecule has 29 heavy (non-hydrogen) atoms. The molecule has 0 saturated carbocycles. The number of anilines is 1. The van der Waals surface area contributed by atoms with E-state index in [1.165, 1.54) is 13.8 Å². The maximum absolute atomic E-state index is 14.7. The number of benzene rings is 1. The van der Waals surface area contributed by atoms with Crippen LogP contribution in [0, 0.1) is 11.2 Å². The molecule has 0 bridgehead atoms. The van der Waals surface area contributed by atoms with E-state index in [0.29, 0.717) is 11.1 Å². The summed E-state index contributed by atoms with van der Waals surface area (Å²) in [6.07, 6.45) is -5.36. The van der Waals surface area contributed by atoms with E-state index in [1.54, 1.807) is 31.4 Å². The predicted molar refractivity (Wildman–Crippen MR) is 103 cm³/mol. The second kappa shape index (κ2) is 6.97. The van der Waals surface area contributed by atoms with Crippen LogP contribution in [0.4, 0.5) is 23.5 Å². The van der Waals surface area contributed by atoms with Crippen molar-refractivity contribution < 1.29 is 27.5 Å². The van der Waals surface area contributed by atoms with Gasteiger partial charge >= 0.3 is 6.18 Å². The van der Waals surface area contributed by atoms with Gasteiger partial charge in [-0.3, -0.25) is 10.1 Å². The molecule has 2 N–H and O–H groups in total. The summed E-state index contributed by atoms with van der Waals surface area (Å²) in [7, 11) is 0. The molecule has 1 heterocycles. The summed E-state index contributed by atoms with van der Waals surface area (Å²) in [6, 6.07) is 2.71. The second-order valence-electron chi connectivity index (χ2n) is 9.43. The maximum atomic E-state index is 14.7. The van der Waals surface area contributed by atoms with Crippen LogP contribution in [-0.4, -0.2) is 26.7 Å². The Kier molecular flexibility index (Phi) is 5.55. The molecule has 1 aromatic carbocycles. The van der Waals surface area contributed by atoms with Crippen molar-refractivity contribution in [2.45, 2.75) is 72.2 Å². The van der Waals surface area contributed by atoms with Gasteiger partial charge in [0.05, 0.1) is 16.5 Å². The van der Waals surface area contributed by atoms with Gasteiger partial charge in [-0.25, -0.2) is 9.37 Å². The topological polar surface area (TPSA) is 67.2 Å². The number of nitrogens with one attached hydrogen (secondary N) is 1. The zero-order valence-corrected chi connectivity index (χ0v) is 17.6. The van der Waals surface area contributed by atoms with Crippen LogP contribution in [0.2, 0.25) is 0 Å². The molecule has 0 fully saturated rings. The smallest absolute Gasteiger partial charge is 0.386 e. The quantitative estimate of drug-likeness (QED) is 0.682. The Morgan fingerprint density at radius 2 is 1.66 bits per heavy atom. The van der Waals surface area contributed by atoms with Crippen molar-refractivity contribution in [3.8, 4) is 0 Å². The number of fused-ring (bicyclic) bond motifs is 1. The number of rotatable bonds is 4. The molecule has 9 heteroatoms.